The fourth-order valence-electron chi connectivity index (χ4n) is 2.68. The summed E-state index contributed by atoms with van der Waals surface area (Å²) in [5.41, 5.74) is 0.902. The zero-order chi connectivity index (χ0) is 18.7. The third-order valence-corrected chi connectivity index (χ3v) is 4.12. The van der Waals surface area contributed by atoms with Crippen LogP contribution in [0.25, 0.3) is 0 Å². The van der Waals surface area contributed by atoms with Crippen LogP contribution < -0.4 is 10.2 Å². The standard InChI is InChI=1S/C18H15ClF2N2O3/c19-13-8-12(9-14(20)10-13)11-22-17(25)26-18(21)6-7-23(16(18)24)15-4-2-1-3-5-15/h1-5,8-10H,6-7,11H2,(H,22,25)/t18-/m1/s1. The van der Waals surface area contributed by atoms with Gasteiger partial charge >= 0.3 is 17.9 Å². The average molecular weight is 381 g/mol. The van der Waals surface area contributed by atoms with Crippen LogP contribution in [0.2, 0.25) is 5.02 Å². The maximum absolute atomic E-state index is 14.8. The van der Waals surface area contributed by atoms with E-state index in [0.717, 1.165) is 6.07 Å². The molecule has 8 heteroatoms. The number of para-hydroxylation sites is 1. The minimum atomic E-state index is -2.74. The van der Waals surface area contributed by atoms with E-state index in [-0.39, 0.29) is 24.5 Å². The van der Waals surface area contributed by atoms with Gasteiger partial charge in [0.15, 0.2) is 0 Å². The Hall–Kier alpha value is -2.67. The number of ether oxygens (including phenoxy) is 1. The van der Waals surface area contributed by atoms with Gasteiger partial charge in [0.05, 0.1) is 0 Å². The second-order valence-corrected chi connectivity index (χ2v) is 6.23. The molecular formula is C18H15ClF2N2O3. The van der Waals surface area contributed by atoms with Crippen molar-refractivity contribution in [1.29, 1.82) is 0 Å². The molecule has 1 atom stereocenters. The maximum atomic E-state index is 14.8. The van der Waals surface area contributed by atoms with Gasteiger partial charge in [-0.3, -0.25) is 4.79 Å². The highest BCUT2D eigenvalue weighted by Crippen LogP contribution is 2.32. The molecule has 0 aliphatic carbocycles. The Morgan fingerprint density at radius 3 is 2.69 bits per heavy atom. The molecule has 1 heterocycles. The van der Waals surface area contributed by atoms with Crippen molar-refractivity contribution in [1.82, 2.24) is 5.32 Å². The van der Waals surface area contributed by atoms with Gasteiger partial charge in [-0.05, 0) is 35.9 Å². The first kappa shape index (κ1) is 18.1. The number of nitrogens with one attached hydrogen (secondary N) is 1. The summed E-state index contributed by atoms with van der Waals surface area (Å²) in [6, 6.07) is 12.3. The van der Waals surface area contributed by atoms with E-state index in [1.165, 1.54) is 17.0 Å². The summed E-state index contributed by atoms with van der Waals surface area (Å²) in [6.45, 7) is -0.0326. The predicted molar refractivity (Wildman–Crippen MR) is 92.0 cm³/mol. The van der Waals surface area contributed by atoms with Crippen molar-refractivity contribution < 1.29 is 23.1 Å². The first-order valence-electron chi connectivity index (χ1n) is 7.85. The summed E-state index contributed by atoms with van der Waals surface area (Å²) >= 11 is 5.72. The molecule has 1 N–H and O–H groups in total. The molecule has 5 nitrogen and oxygen atoms in total. The third kappa shape index (κ3) is 3.94. The highest BCUT2D eigenvalue weighted by atomic mass is 35.5. The summed E-state index contributed by atoms with van der Waals surface area (Å²) < 4.78 is 32.8. The Morgan fingerprint density at radius 1 is 1.27 bits per heavy atom. The highest BCUT2D eigenvalue weighted by Gasteiger charge is 2.51. The Balaban J connectivity index is 1.61. The Morgan fingerprint density at radius 2 is 2.00 bits per heavy atom. The molecule has 0 radical (unpaired) electrons. The van der Waals surface area contributed by atoms with Crippen LogP contribution in [-0.4, -0.2) is 24.4 Å². The number of hydrogen-bond acceptors (Lipinski definition) is 3. The van der Waals surface area contributed by atoms with Crippen LogP contribution in [0.1, 0.15) is 12.0 Å². The van der Waals surface area contributed by atoms with E-state index in [4.69, 9.17) is 16.3 Å². The van der Waals surface area contributed by atoms with Gasteiger partial charge in [0.2, 0.25) is 0 Å². The van der Waals surface area contributed by atoms with Crippen LogP contribution in [0.3, 0.4) is 0 Å². The number of carbonyl (C=O) groups excluding carboxylic acids is 2. The normalized spacial score (nSPS) is 19.5. The molecule has 0 bridgehead atoms. The quantitative estimate of drug-likeness (QED) is 0.877. The van der Waals surface area contributed by atoms with E-state index in [9.17, 15) is 18.4 Å². The van der Waals surface area contributed by atoms with Gasteiger partial charge in [0, 0.05) is 30.2 Å². The van der Waals surface area contributed by atoms with Crippen LogP contribution in [0, 0.1) is 5.82 Å². The Kier molecular flexibility index (Phi) is 5.08. The lowest BCUT2D eigenvalue weighted by atomic mass is 10.2. The summed E-state index contributed by atoms with van der Waals surface area (Å²) in [6.07, 6.45) is -1.39. The van der Waals surface area contributed by atoms with Crippen LogP contribution in [-0.2, 0) is 16.1 Å². The van der Waals surface area contributed by atoms with E-state index < -0.39 is 23.7 Å². The van der Waals surface area contributed by atoms with Gasteiger partial charge in [0.1, 0.15) is 5.82 Å². The largest absolute Gasteiger partial charge is 0.410 e. The lowest BCUT2D eigenvalue weighted by Crippen LogP contribution is -2.42. The number of alkyl halides is 1. The van der Waals surface area contributed by atoms with Crippen molar-refractivity contribution in [3.63, 3.8) is 0 Å². The Bertz CT molecular complexity index is 814. The number of carbonyl (C=O) groups is 2. The van der Waals surface area contributed by atoms with Crippen molar-refractivity contribution in [3.8, 4) is 0 Å². The highest BCUT2D eigenvalue weighted by molar-refractivity contribution is 6.30. The zero-order valence-electron chi connectivity index (χ0n) is 13.5. The van der Waals surface area contributed by atoms with Crippen LogP contribution >= 0.6 is 11.6 Å². The van der Waals surface area contributed by atoms with Gasteiger partial charge in [-0.25, -0.2) is 9.18 Å². The van der Waals surface area contributed by atoms with Crippen molar-refractivity contribution >= 4 is 29.3 Å². The number of nitrogens with zero attached hydrogens (tertiary/aromatic N) is 1. The predicted octanol–water partition coefficient (Wildman–Crippen LogP) is 3.81. The fraction of sp³-hybridized carbons (Fsp3) is 0.222. The van der Waals surface area contributed by atoms with Crippen LogP contribution in [0.5, 0.6) is 0 Å². The van der Waals surface area contributed by atoms with Crippen molar-refractivity contribution in [2.45, 2.75) is 18.8 Å². The van der Waals surface area contributed by atoms with E-state index in [2.05, 4.69) is 5.32 Å². The lowest BCUT2D eigenvalue weighted by molar-refractivity contribution is -0.152. The van der Waals surface area contributed by atoms with E-state index in [1.54, 1.807) is 30.3 Å². The van der Waals surface area contributed by atoms with Crippen LogP contribution in [0.15, 0.2) is 48.5 Å². The van der Waals surface area contributed by atoms with Crippen molar-refractivity contribution in [2.24, 2.45) is 0 Å². The Labute approximate surface area is 153 Å². The number of amides is 2. The van der Waals surface area contributed by atoms with E-state index in [1.807, 2.05) is 0 Å². The van der Waals surface area contributed by atoms with Crippen LogP contribution in [0.4, 0.5) is 19.3 Å². The number of rotatable bonds is 4. The average Bonchev–Trinajstić information content (AvgIpc) is 2.88. The molecule has 1 saturated heterocycles. The van der Waals surface area contributed by atoms with E-state index in [0.29, 0.717) is 11.3 Å². The SMILES string of the molecule is O=C(NCc1cc(F)cc(Cl)c1)O[C@]1(F)CCN(c2ccccc2)C1=O. The van der Waals surface area contributed by atoms with Gasteiger partial charge in [-0.15, -0.1) is 0 Å². The molecule has 0 aromatic heterocycles. The minimum Gasteiger partial charge on any atom is -0.402 e. The first-order valence-corrected chi connectivity index (χ1v) is 8.23. The fourth-order valence-corrected chi connectivity index (χ4v) is 2.93. The minimum absolute atomic E-state index is 0.0894. The molecule has 0 saturated carbocycles. The smallest absolute Gasteiger partial charge is 0.402 e. The molecular weight excluding hydrogens is 366 g/mol. The molecule has 2 aromatic carbocycles. The zero-order valence-corrected chi connectivity index (χ0v) is 14.3. The van der Waals surface area contributed by atoms with Gasteiger partial charge in [-0.2, -0.15) is 4.39 Å². The molecule has 1 fully saturated rings. The van der Waals surface area contributed by atoms with Gasteiger partial charge < -0.3 is 15.0 Å². The molecule has 2 amide bonds. The molecule has 26 heavy (non-hydrogen) atoms. The number of hydrogen-bond donors (Lipinski definition) is 1. The summed E-state index contributed by atoms with van der Waals surface area (Å²) in [4.78, 5) is 25.4. The van der Waals surface area contributed by atoms with Gasteiger partial charge in [-0.1, -0.05) is 29.8 Å². The second-order valence-electron chi connectivity index (χ2n) is 5.79. The molecule has 1 aliphatic rings. The second kappa shape index (κ2) is 7.29. The molecule has 2 aromatic rings. The summed E-state index contributed by atoms with van der Waals surface area (Å²) in [5, 5.41) is 2.45. The monoisotopic (exact) mass is 380 g/mol. The van der Waals surface area contributed by atoms with Gasteiger partial charge in [0.25, 0.3) is 0 Å². The molecule has 3 rings (SSSR count). The van der Waals surface area contributed by atoms with E-state index >= 15 is 0 Å². The molecule has 0 unspecified atom stereocenters. The molecule has 136 valence electrons. The first-order chi connectivity index (χ1) is 12.4. The summed E-state index contributed by atoms with van der Waals surface area (Å²) in [7, 11) is 0. The van der Waals surface area contributed by atoms with Crippen molar-refractivity contribution in [2.75, 3.05) is 11.4 Å². The number of benzene rings is 2. The lowest BCUT2D eigenvalue weighted by Gasteiger charge is -2.20. The number of halogens is 3. The molecule has 0 spiro atoms. The molecule has 1 aliphatic heterocycles. The summed E-state index contributed by atoms with van der Waals surface area (Å²) in [5.74, 6) is -4.23. The third-order valence-electron chi connectivity index (χ3n) is 3.90. The maximum Gasteiger partial charge on any atom is 0.410 e. The number of anilines is 1. The topological polar surface area (TPSA) is 58.6 Å². The number of alkyl carbamates (subject to hydrolysis) is 1. The van der Waals surface area contributed by atoms with Crippen molar-refractivity contribution in [3.05, 3.63) is 64.9 Å².